The van der Waals surface area contributed by atoms with Crippen LogP contribution in [0.3, 0.4) is 0 Å². The van der Waals surface area contributed by atoms with Crippen LogP contribution in [0, 0.1) is 12.8 Å². The van der Waals surface area contributed by atoms with E-state index in [1.807, 2.05) is 0 Å². The minimum atomic E-state index is 0.329. The quantitative estimate of drug-likeness (QED) is 0.854. The van der Waals surface area contributed by atoms with E-state index in [1.54, 1.807) is 20.2 Å². The number of piperidine rings is 1. The van der Waals surface area contributed by atoms with Crippen molar-refractivity contribution < 1.29 is 9.26 Å². The van der Waals surface area contributed by atoms with Gasteiger partial charge in [0.1, 0.15) is 5.02 Å². The van der Waals surface area contributed by atoms with Crippen LogP contribution >= 0.6 is 11.6 Å². The van der Waals surface area contributed by atoms with E-state index >= 15 is 0 Å². The van der Waals surface area contributed by atoms with Crippen molar-refractivity contribution in [1.29, 1.82) is 0 Å². The molecule has 0 radical (unpaired) electrons. The number of hydrogen-bond donors (Lipinski definition) is 0. The van der Waals surface area contributed by atoms with Gasteiger partial charge in [0.2, 0.25) is 5.89 Å². The van der Waals surface area contributed by atoms with Crippen LogP contribution in [0.4, 0.5) is 5.82 Å². The number of halogens is 1. The van der Waals surface area contributed by atoms with Crippen LogP contribution in [0.2, 0.25) is 5.02 Å². The third-order valence-electron chi connectivity index (χ3n) is 3.75. The molecule has 118 valence electrons. The third-order valence-corrected chi connectivity index (χ3v) is 4.01. The molecule has 0 aromatic carbocycles. The normalized spacial score (nSPS) is 18.5. The maximum Gasteiger partial charge on any atom is 0.318 e. The van der Waals surface area contributed by atoms with Gasteiger partial charge in [0, 0.05) is 26.4 Å². The first-order valence-corrected chi connectivity index (χ1v) is 7.64. The van der Waals surface area contributed by atoms with E-state index in [9.17, 15) is 0 Å². The summed E-state index contributed by atoms with van der Waals surface area (Å²) >= 11 is 6.24. The second-order valence-corrected chi connectivity index (χ2v) is 5.82. The van der Waals surface area contributed by atoms with Crippen molar-refractivity contribution in [1.82, 2.24) is 20.1 Å². The van der Waals surface area contributed by atoms with Gasteiger partial charge < -0.3 is 14.2 Å². The van der Waals surface area contributed by atoms with Gasteiger partial charge in [-0.1, -0.05) is 16.8 Å². The van der Waals surface area contributed by atoms with E-state index in [4.69, 9.17) is 20.9 Å². The molecule has 3 rings (SSSR count). The first-order chi connectivity index (χ1) is 10.7. The molecule has 1 fully saturated rings. The maximum atomic E-state index is 6.24. The van der Waals surface area contributed by atoms with E-state index in [-0.39, 0.29) is 0 Å². The number of rotatable bonds is 4. The molecule has 0 bridgehead atoms. The van der Waals surface area contributed by atoms with Crippen LogP contribution < -0.4 is 9.64 Å². The van der Waals surface area contributed by atoms with Crippen LogP contribution in [-0.4, -0.2) is 40.3 Å². The second kappa shape index (κ2) is 6.48. The maximum absolute atomic E-state index is 6.24. The Balaban J connectivity index is 1.72. The zero-order valence-corrected chi connectivity index (χ0v) is 13.4. The first kappa shape index (κ1) is 15.0. The molecule has 1 atom stereocenters. The summed E-state index contributed by atoms with van der Waals surface area (Å²) in [7, 11) is 1.55. The molecular weight excluding hydrogens is 306 g/mol. The molecule has 22 heavy (non-hydrogen) atoms. The van der Waals surface area contributed by atoms with Crippen LogP contribution in [-0.2, 0) is 6.42 Å². The number of hydrogen-bond acceptors (Lipinski definition) is 7. The van der Waals surface area contributed by atoms with Gasteiger partial charge in [-0.3, -0.25) is 0 Å². The van der Waals surface area contributed by atoms with Gasteiger partial charge in [-0.2, -0.15) is 9.97 Å². The van der Waals surface area contributed by atoms with E-state index < -0.39 is 0 Å². The van der Waals surface area contributed by atoms with Crippen LogP contribution in [0.5, 0.6) is 6.01 Å². The lowest BCUT2D eigenvalue weighted by Crippen LogP contribution is -2.37. The smallest absolute Gasteiger partial charge is 0.318 e. The standard InChI is InChI=1S/C14H18ClN5O2/c1-9-17-12(19-22-9)6-10-4-3-5-20(8-10)13-11(15)7-16-14(18-13)21-2/h7,10H,3-6,8H2,1-2H3. The average Bonchev–Trinajstić information content (AvgIpc) is 2.93. The molecule has 2 aromatic heterocycles. The molecular formula is C14H18ClN5O2. The molecule has 0 N–H and O–H groups in total. The Hall–Kier alpha value is -1.89. The molecule has 8 heteroatoms. The van der Waals surface area contributed by atoms with E-state index in [1.165, 1.54) is 0 Å². The lowest BCUT2D eigenvalue weighted by Gasteiger charge is -2.33. The van der Waals surface area contributed by atoms with Gasteiger partial charge in [-0.25, -0.2) is 4.98 Å². The molecule has 0 aliphatic carbocycles. The van der Waals surface area contributed by atoms with Gasteiger partial charge in [0.25, 0.3) is 0 Å². The molecule has 1 saturated heterocycles. The molecule has 0 saturated carbocycles. The van der Waals surface area contributed by atoms with Gasteiger partial charge in [0.15, 0.2) is 11.6 Å². The summed E-state index contributed by atoms with van der Waals surface area (Å²) < 4.78 is 10.1. The number of aryl methyl sites for hydroxylation is 1. The fraction of sp³-hybridized carbons (Fsp3) is 0.571. The van der Waals surface area contributed by atoms with E-state index in [0.717, 1.165) is 44.0 Å². The van der Waals surface area contributed by atoms with Gasteiger partial charge in [0.05, 0.1) is 13.3 Å². The number of nitrogens with zero attached hydrogens (tertiary/aromatic N) is 5. The molecule has 1 aliphatic rings. The Bertz CT molecular complexity index is 648. The Morgan fingerprint density at radius 2 is 2.32 bits per heavy atom. The number of methoxy groups -OCH3 is 1. The molecule has 1 unspecified atom stereocenters. The zero-order valence-electron chi connectivity index (χ0n) is 12.6. The Labute approximate surface area is 133 Å². The highest BCUT2D eigenvalue weighted by atomic mass is 35.5. The topological polar surface area (TPSA) is 77.2 Å². The van der Waals surface area contributed by atoms with Crippen molar-refractivity contribution in [3.8, 4) is 6.01 Å². The van der Waals surface area contributed by atoms with E-state index in [2.05, 4.69) is 25.0 Å². The summed E-state index contributed by atoms with van der Waals surface area (Å²) in [5, 5.41) is 4.52. The Kier molecular flexibility index (Phi) is 4.42. The summed E-state index contributed by atoms with van der Waals surface area (Å²) in [6, 6.07) is 0.329. The van der Waals surface area contributed by atoms with Crippen molar-refractivity contribution in [2.75, 3.05) is 25.1 Å². The molecule has 2 aromatic rings. The fourth-order valence-electron chi connectivity index (χ4n) is 2.77. The highest BCUT2D eigenvalue weighted by Gasteiger charge is 2.24. The number of anilines is 1. The highest BCUT2D eigenvalue weighted by Crippen LogP contribution is 2.29. The van der Waals surface area contributed by atoms with Crippen molar-refractivity contribution in [2.45, 2.75) is 26.2 Å². The van der Waals surface area contributed by atoms with E-state index in [0.29, 0.717) is 22.8 Å². The van der Waals surface area contributed by atoms with Gasteiger partial charge >= 0.3 is 6.01 Å². The van der Waals surface area contributed by atoms with Crippen molar-refractivity contribution >= 4 is 17.4 Å². The van der Waals surface area contributed by atoms with Crippen LogP contribution in [0.1, 0.15) is 24.6 Å². The number of ether oxygens (including phenoxy) is 1. The lowest BCUT2D eigenvalue weighted by molar-refractivity contribution is 0.366. The average molecular weight is 324 g/mol. The second-order valence-electron chi connectivity index (χ2n) is 5.42. The number of aromatic nitrogens is 4. The van der Waals surface area contributed by atoms with Crippen LogP contribution in [0.15, 0.2) is 10.7 Å². The van der Waals surface area contributed by atoms with Crippen molar-refractivity contribution in [2.24, 2.45) is 5.92 Å². The zero-order chi connectivity index (χ0) is 15.5. The molecule has 0 amide bonds. The molecule has 0 spiro atoms. The van der Waals surface area contributed by atoms with Gasteiger partial charge in [-0.15, -0.1) is 0 Å². The Morgan fingerprint density at radius 1 is 1.45 bits per heavy atom. The predicted octanol–water partition coefficient (Wildman–Crippen LogP) is 2.29. The summed E-state index contributed by atoms with van der Waals surface area (Å²) in [4.78, 5) is 14.8. The Morgan fingerprint density at radius 3 is 3.05 bits per heavy atom. The minimum Gasteiger partial charge on any atom is -0.467 e. The SMILES string of the molecule is COc1ncc(Cl)c(N2CCCC(Cc3noc(C)n3)C2)n1. The fourth-order valence-corrected chi connectivity index (χ4v) is 2.98. The lowest BCUT2D eigenvalue weighted by atomic mass is 9.94. The summed E-state index contributed by atoms with van der Waals surface area (Å²) in [6.45, 7) is 3.58. The summed E-state index contributed by atoms with van der Waals surface area (Å²) in [5.74, 6) is 2.53. The van der Waals surface area contributed by atoms with Crippen LogP contribution in [0.25, 0.3) is 0 Å². The van der Waals surface area contributed by atoms with Crippen molar-refractivity contribution in [3.63, 3.8) is 0 Å². The largest absolute Gasteiger partial charge is 0.467 e. The van der Waals surface area contributed by atoms with Gasteiger partial charge in [-0.05, 0) is 18.8 Å². The monoisotopic (exact) mass is 323 g/mol. The highest BCUT2D eigenvalue weighted by molar-refractivity contribution is 6.32. The summed E-state index contributed by atoms with van der Waals surface area (Å²) in [5.41, 5.74) is 0. The third kappa shape index (κ3) is 3.30. The van der Waals surface area contributed by atoms with Crippen molar-refractivity contribution in [3.05, 3.63) is 22.9 Å². The molecule has 3 heterocycles. The predicted molar refractivity (Wildman–Crippen MR) is 81.3 cm³/mol. The first-order valence-electron chi connectivity index (χ1n) is 7.26. The molecule has 7 nitrogen and oxygen atoms in total. The summed E-state index contributed by atoms with van der Waals surface area (Å²) in [6.07, 6.45) is 4.58. The molecule has 1 aliphatic heterocycles. The minimum absolute atomic E-state index is 0.329.